The summed E-state index contributed by atoms with van der Waals surface area (Å²) in [5.41, 5.74) is 0.711. The zero-order valence-corrected chi connectivity index (χ0v) is 13.3. The summed E-state index contributed by atoms with van der Waals surface area (Å²) in [7, 11) is 5.31. The number of amides is 1. The monoisotopic (exact) mass is 303 g/mol. The van der Waals surface area contributed by atoms with Gasteiger partial charge in [0.25, 0.3) is 0 Å². The number of hydrogen-bond donors (Lipinski definition) is 1. The van der Waals surface area contributed by atoms with Crippen LogP contribution in [-0.2, 0) is 18.4 Å². The molecule has 118 valence electrons. The molecule has 2 aromatic rings. The van der Waals surface area contributed by atoms with Crippen molar-refractivity contribution in [1.82, 2.24) is 19.7 Å². The number of hydrogen-bond acceptors (Lipinski definition) is 5. The molecule has 0 aliphatic rings. The molecule has 0 fully saturated rings. The van der Waals surface area contributed by atoms with E-state index in [4.69, 9.17) is 4.74 Å². The normalized spacial score (nSPS) is 12.2. The molecule has 1 aromatic carbocycles. The summed E-state index contributed by atoms with van der Waals surface area (Å²) in [6.45, 7) is 2.40. The number of ether oxygens (including phenoxy) is 1. The molecule has 0 radical (unpaired) electrons. The zero-order valence-electron chi connectivity index (χ0n) is 13.3. The Labute approximate surface area is 129 Å². The zero-order chi connectivity index (χ0) is 16.1. The van der Waals surface area contributed by atoms with E-state index in [1.807, 2.05) is 44.1 Å². The van der Waals surface area contributed by atoms with E-state index < -0.39 is 0 Å². The van der Waals surface area contributed by atoms with E-state index in [9.17, 15) is 4.79 Å². The van der Waals surface area contributed by atoms with Gasteiger partial charge in [0, 0.05) is 18.8 Å². The molecule has 0 saturated heterocycles. The number of aromatic nitrogens is 3. The average molecular weight is 303 g/mol. The summed E-state index contributed by atoms with van der Waals surface area (Å²) < 4.78 is 6.85. The number of rotatable bonds is 6. The Bertz CT molecular complexity index is 640. The number of anilines is 1. The van der Waals surface area contributed by atoms with Gasteiger partial charge >= 0.3 is 0 Å². The van der Waals surface area contributed by atoms with E-state index in [-0.39, 0.29) is 11.9 Å². The van der Waals surface area contributed by atoms with Crippen LogP contribution in [0.1, 0.15) is 12.7 Å². The molecule has 1 heterocycles. The molecule has 0 aliphatic heterocycles. The van der Waals surface area contributed by atoms with E-state index in [0.717, 1.165) is 5.82 Å². The molecular weight excluding hydrogens is 282 g/mol. The highest BCUT2D eigenvalue weighted by atomic mass is 16.5. The maximum absolute atomic E-state index is 12.3. The Kier molecular flexibility index (Phi) is 5.11. The maximum Gasteiger partial charge on any atom is 0.241 e. The summed E-state index contributed by atoms with van der Waals surface area (Å²) in [5.74, 6) is 1.43. The number of carbonyl (C=O) groups is 1. The summed E-state index contributed by atoms with van der Waals surface area (Å²) >= 11 is 0. The van der Waals surface area contributed by atoms with Crippen molar-refractivity contribution in [1.29, 1.82) is 0 Å². The molecular formula is C15H21N5O2. The highest BCUT2D eigenvalue weighted by Crippen LogP contribution is 2.17. The molecule has 7 heteroatoms. The predicted molar refractivity (Wildman–Crippen MR) is 83.6 cm³/mol. The second-order valence-corrected chi connectivity index (χ2v) is 5.11. The van der Waals surface area contributed by atoms with Crippen molar-refractivity contribution in [3.05, 3.63) is 36.4 Å². The Hall–Kier alpha value is -2.41. The SMILES string of the molecule is COc1cccc(NC(=O)[C@H](C)N(C)Cc2ncnn2C)c1. The first-order valence-electron chi connectivity index (χ1n) is 6.99. The molecule has 0 saturated carbocycles. The molecule has 1 N–H and O–H groups in total. The van der Waals surface area contributed by atoms with Crippen molar-refractivity contribution in [3.8, 4) is 5.75 Å². The molecule has 22 heavy (non-hydrogen) atoms. The van der Waals surface area contributed by atoms with Crippen molar-refractivity contribution >= 4 is 11.6 Å². The van der Waals surface area contributed by atoms with E-state index in [0.29, 0.717) is 18.0 Å². The van der Waals surface area contributed by atoms with E-state index in [2.05, 4.69) is 15.4 Å². The van der Waals surface area contributed by atoms with Crippen LogP contribution in [0, 0.1) is 0 Å². The lowest BCUT2D eigenvalue weighted by Gasteiger charge is -2.23. The van der Waals surface area contributed by atoms with Gasteiger partial charge in [0.2, 0.25) is 5.91 Å². The van der Waals surface area contributed by atoms with Gasteiger partial charge in [-0.2, -0.15) is 5.10 Å². The van der Waals surface area contributed by atoms with Crippen LogP contribution in [-0.4, -0.2) is 45.8 Å². The first-order valence-corrected chi connectivity index (χ1v) is 6.99. The third-order valence-corrected chi connectivity index (χ3v) is 3.57. The molecule has 0 unspecified atom stereocenters. The lowest BCUT2D eigenvalue weighted by molar-refractivity contribution is -0.120. The predicted octanol–water partition coefficient (Wildman–Crippen LogP) is 1.28. The first-order chi connectivity index (χ1) is 10.5. The van der Waals surface area contributed by atoms with E-state index >= 15 is 0 Å². The van der Waals surface area contributed by atoms with Gasteiger partial charge in [-0.3, -0.25) is 14.4 Å². The molecule has 1 atom stereocenters. The second kappa shape index (κ2) is 7.04. The van der Waals surface area contributed by atoms with Gasteiger partial charge < -0.3 is 10.1 Å². The van der Waals surface area contributed by atoms with Gasteiger partial charge in [-0.05, 0) is 26.1 Å². The van der Waals surface area contributed by atoms with Crippen LogP contribution in [0.25, 0.3) is 0 Å². The summed E-state index contributed by atoms with van der Waals surface area (Å²) in [6, 6.07) is 6.98. The first kappa shape index (κ1) is 16.0. The van der Waals surface area contributed by atoms with Crippen molar-refractivity contribution in [2.75, 3.05) is 19.5 Å². The van der Waals surface area contributed by atoms with Crippen LogP contribution in [0.15, 0.2) is 30.6 Å². The summed E-state index contributed by atoms with van der Waals surface area (Å²) in [5, 5.41) is 6.91. The topological polar surface area (TPSA) is 72.3 Å². The van der Waals surface area contributed by atoms with E-state index in [1.54, 1.807) is 17.9 Å². The Morgan fingerprint density at radius 1 is 1.50 bits per heavy atom. The fourth-order valence-electron chi connectivity index (χ4n) is 1.97. The second-order valence-electron chi connectivity index (χ2n) is 5.11. The number of nitrogens with zero attached hydrogens (tertiary/aromatic N) is 4. The molecule has 0 bridgehead atoms. The van der Waals surface area contributed by atoms with Gasteiger partial charge in [-0.25, -0.2) is 4.98 Å². The minimum absolute atomic E-state index is 0.0853. The minimum atomic E-state index is -0.303. The summed E-state index contributed by atoms with van der Waals surface area (Å²) in [4.78, 5) is 18.4. The van der Waals surface area contributed by atoms with Crippen molar-refractivity contribution in [3.63, 3.8) is 0 Å². The maximum atomic E-state index is 12.3. The smallest absolute Gasteiger partial charge is 0.241 e. The Morgan fingerprint density at radius 3 is 2.91 bits per heavy atom. The molecule has 1 amide bonds. The van der Waals surface area contributed by atoms with Crippen LogP contribution in [0.3, 0.4) is 0 Å². The third kappa shape index (κ3) is 3.82. The van der Waals surface area contributed by atoms with Gasteiger partial charge in [0.15, 0.2) is 0 Å². The van der Waals surface area contributed by atoms with Crippen LogP contribution >= 0.6 is 0 Å². The van der Waals surface area contributed by atoms with Crippen molar-refractivity contribution in [2.45, 2.75) is 19.5 Å². The average Bonchev–Trinajstić information content (AvgIpc) is 2.91. The molecule has 2 rings (SSSR count). The number of likely N-dealkylation sites (N-methyl/N-ethyl adjacent to an activating group) is 1. The van der Waals surface area contributed by atoms with E-state index in [1.165, 1.54) is 6.33 Å². The van der Waals surface area contributed by atoms with Crippen LogP contribution in [0.4, 0.5) is 5.69 Å². The lowest BCUT2D eigenvalue weighted by Crippen LogP contribution is -2.39. The Morgan fingerprint density at radius 2 is 2.27 bits per heavy atom. The van der Waals surface area contributed by atoms with Crippen molar-refractivity contribution in [2.24, 2.45) is 7.05 Å². The fraction of sp³-hybridized carbons (Fsp3) is 0.400. The van der Waals surface area contributed by atoms with Gasteiger partial charge in [0.05, 0.1) is 19.7 Å². The molecule has 0 spiro atoms. The molecule has 1 aromatic heterocycles. The lowest BCUT2D eigenvalue weighted by atomic mass is 10.2. The van der Waals surface area contributed by atoms with Crippen molar-refractivity contribution < 1.29 is 9.53 Å². The van der Waals surface area contributed by atoms with Crippen LogP contribution < -0.4 is 10.1 Å². The number of nitrogens with one attached hydrogen (secondary N) is 1. The highest BCUT2D eigenvalue weighted by molar-refractivity contribution is 5.94. The van der Waals surface area contributed by atoms with Gasteiger partial charge in [-0.1, -0.05) is 6.07 Å². The largest absolute Gasteiger partial charge is 0.497 e. The van der Waals surface area contributed by atoms with Crippen LogP contribution in [0.2, 0.25) is 0 Å². The third-order valence-electron chi connectivity index (χ3n) is 3.57. The van der Waals surface area contributed by atoms with Crippen LogP contribution in [0.5, 0.6) is 5.75 Å². The van der Waals surface area contributed by atoms with Gasteiger partial charge in [0.1, 0.15) is 17.9 Å². The molecule has 7 nitrogen and oxygen atoms in total. The highest BCUT2D eigenvalue weighted by Gasteiger charge is 2.19. The number of carbonyl (C=O) groups excluding carboxylic acids is 1. The molecule has 0 aliphatic carbocycles. The van der Waals surface area contributed by atoms with Gasteiger partial charge in [-0.15, -0.1) is 0 Å². The number of benzene rings is 1. The minimum Gasteiger partial charge on any atom is -0.497 e. The standard InChI is InChI=1S/C15H21N5O2/c1-11(19(2)9-14-16-10-17-20(14)3)15(21)18-12-6-5-7-13(8-12)22-4/h5-8,10-11H,9H2,1-4H3,(H,18,21)/t11-/m0/s1. The summed E-state index contributed by atoms with van der Waals surface area (Å²) in [6.07, 6.45) is 1.50. The number of aryl methyl sites for hydroxylation is 1. The fourth-order valence-corrected chi connectivity index (χ4v) is 1.97. The Balaban J connectivity index is 1.97. The number of methoxy groups -OCH3 is 1. The quantitative estimate of drug-likeness (QED) is 0.870.